The highest BCUT2D eigenvalue weighted by Gasteiger charge is 2.38. The van der Waals surface area contributed by atoms with Crippen molar-refractivity contribution in [1.82, 2.24) is 4.90 Å². The highest BCUT2D eigenvalue weighted by molar-refractivity contribution is 5.82. The number of carbonyl (C=O) groups excluding carboxylic acids is 1. The molecule has 102 valence electrons. The lowest BCUT2D eigenvalue weighted by molar-refractivity contribution is -0.140. The van der Waals surface area contributed by atoms with Crippen molar-refractivity contribution in [2.24, 2.45) is 0 Å². The summed E-state index contributed by atoms with van der Waals surface area (Å²) in [6.07, 6.45) is -2.51. The molecule has 0 saturated carbocycles. The molecule has 1 amide bonds. The van der Waals surface area contributed by atoms with Crippen molar-refractivity contribution < 1.29 is 24.5 Å². The van der Waals surface area contributed by atoms with Gasteiger partial charge in [-0.1, -0.05) is 12.1 Å². The fraction of sp³-hybridized carbons (Fsp3) is 0.462. The van der Waals surface area contributed by atoms with Crippen LogP contribution in [0, 0.1) is 0 Å². The van der Waals surface area contributed by atoms with Gasteiger partial charge in [0.15, 0.2) is 11.5 Å². The van der Waals surface area contributed by atoms with E-state index in [0.29, 0.717) is 11.5 Å². The van der Waals surface area contributed by atoms with Crippen molar-refractivity contribution in [1.29, 1.82) is 0 Å². The van der Waals surface area contributed by atoms with Gasteiger partial charge < -0.3 is 24.6 Å². The molecule has 0 bridgehead atoms. The van der Waals surface area contributed by atoms with E-state index in [0.717, 1.165) is 0 Å². The predicted octanol–water partition coefficient (Wildman–Crippen LogP) is -0.610. The fourth-order valence-electron chi connectivity index (χ4n) is 2.29. The van der Waals surface area contributed by atoms with Gasteiger partial charge >= 0.3 is 0 Å². The summed E-state index contributed by atoms with van der Waals surface area (Å²) >= 11 is 0. The second-order valence-electron chi connectivity index (χ2n) is 4.74. The van der Waals surface area contributed by atoms with Gasteiger partial charge in [0.2, 0.25) is 6.10 Å². The average molecular weight is 265 g/mol. The van der Waals surface area contributed by atoms with Crippen molar-refractivity contribution in [2.75, 3.05) is 19.7 Å². The zero-order chi connectivity index (χ0) is 13.4. The Hall–Kier alpha value is -1.79. The molecule has 2 N–H and O–H groups in total. The Balaban J connectivity index is 1.70. The number of para-hydroxylation sites is 2. The molecule has 2 heterocycles. The number of aliphatic hydroxyl groups excluding tert-OH is 2. The van der Waals surface area contributed by atoms with Crippen LogP contribution in [0.25, 0.3) is 0 Å². The van der Waals surface area contributed by atoms with E-state index in [1.807, 2.05) is 6.07 Å². The highest BCUT2D eigenvalue weighted by atomic mass is 16.6. The van der Waals surface area contributed by atoms with E-state index in [1.165, 1.54) is 4.90 Å². The number of benzene rings is 1. The van der Waals surface area contributed by atoms with Gasteiger partial charge in [-0.25, -0.2) is 0 Å². The third-order valence-electron chi connectivity index (χ3n) is 3.35. The molecular formula is C13H15NO5. The first-order chi connectivity index (χ1) is 9.15. The molecule has 3 atom stereocenters. The van der Waals surface area contributed by atoms with Gasteiger partial charge in [0.05, 0.1) is 12.2 Å². The van der Waals surface area contributed by atoms with E-state index < -0.39 is 18.3 Å². The Bertz CT molecular complexity index is 482. The first kappa shape index (κ1) is 12.3. The summed E-state index contributed by atoms with van der Waals surface area (Å²) < 4.78 is 11.1. The molecule has 0 spiro atoms. The Kier molecular flexibility index (Phi) is 3.04. The monoisotopic (exact) mass is 265 g/mol. The number of ether oxygens (including phenoxy) is 2. The Labute approximate surface area is 110 Å². The minimum absolute atomic E-state index is 0.126. The first-order valence-corrected chi connectivity index (χ1v) is 6.18. The van der Waals surface area contributed by atoms with Crippen LogP contribution in [0.4, 0.5) is 0 Å². The van der Waals surface area contributed by atoms with Crippen LogP contribution in [0.3, 0.4) is 0 Å². The van der Waals surface area contributed by atoms with E-state index in [9.17, 15) is 15.0 Å². The van der Waals surface area contributed by atoms with Gasteiger partial charge in [0.1, 0.15) is 6.61 Å². The highest BCUT2D eigenvalue weighted by Crippen LogP contribution is 2.31. The topological polar surface area (TPSA) is 79.2 Å². The molecule has 0 radical (unpaired) electrons. The number of hydrogen-bond acceptors (Lipinski definition) is 5. The molecule has 3 rings (SSSR count). The fourth-order valence-corrected chi connectivity index (χ4v) is 2.29. The molecule has 1 aromatic rings. The number of carbonyl (C=O) groups is 1. The number of likely N-dealkylation sites (tertiary alicyclic amines) is 1. The molecule has 6 heteroatoms. The molecule has 0 aliphatic carbocycles. The molecule has 2 aliphatic heterocycles. The molecule has 0 aromatic heterocycles. The lowest BCUT2D eigenvalue weighted by Crippen LogP contribution is -2.46. The molecule has 3 unspecified atom stereocenters. The van der Waals surface area contributed by atoms with Crippen LogP contribution in [0.2, 0.25) is 0 Å². The van der Waals surface area contributed by atoms with Crippen LogP contribution < -0.4 is 9.47 Å². The van der Waals surface area contributed by atoms with Crippen LogP contribution in [0.15, 0.2) is 24.3 Å². The van der Waals surface area contributed by atoms with Gasteiger partial charge in [0.25, 0.3) is 5.91 Å². The van der Waals surface area contributed by atoms with Crippen LogP contribution in [0.1, 0.15) is 0 Å². The third-order valence-corrected chi connectivity index (χ3v) is 3.35. The van der Waals surface area contributed by atoms with Gasteiger partial charge in [-0.2, -0.15) is 0 Å². The SMILES string of the molecule is O=C(C1COc2ccccc2O1)N1CC(O)C(O)C1. The maximum absolute atomic E-state index is 12.2. The van der Waals surface area contributed by atoms with Crippen LogP contribution in [-0.2, 0) is 4.79 Å². The van der Waals surface area contributed by atoms with Crippen LogP contribution in [0.5, 0.6) is 11.5 Å². The van der Waals surface area contributed by atoms with Crippen molar-refractivity contribution in [2.45, 2.75) is 18.3 Å². The van der Waals surface area contributed by atoms with Crippen molar-refractivity contribution in [3.8, 4) is 11.5 Å². The normalized spacial score (nSPS) is 29.4. The van der Waals surface area contributed by atoms with Crippen LogP contribution in [-0.4, -0.2) is 59.0 Å². The number of β-amino-alcohol motifs (C(OH)–C–C–N with tert-alkyl or cyclic N) is 2. The molecule has 19 heavy (non-hydrogen) atoms. The summed E-state index contributed by atoms with van der Waals surface area (Å²) in [4.78, 5) is 13.6. The zero-order valence-corrected chi connectivity index (χ0v) is 10.2. The van der Waals surface area contributed by atoms with E-state index >= 15 is 0 Å². The van der Waals surface area contributed by atoms with Crippen molar-refractivity contribution in [3.05, 3.63) is 24.3 Å². The van der Waals surface area contributed by atoms with E-state index in [4.69, 9.17) is 9.47 Å². The molecular weight excluding hydrogens is 250 g/mol. The van der Waals surface area contributed by atoms with Gasteiger partial charge in [-0.15, -0.1) is 0 Å². The van der Waals surface area contributed by atoms with Crippen molar-refractivity contribution >= 4 is 5.91 Å². The maximum Gasteiger partial charge on any atom is 0.267 e. The van der Waals surface area contributed by atoms with E-state index in [-0.39, 0.29) is 25.6 Å². The summed E-state index contributed by atoms with van der Waals surface area (Å²) in [7, 11) is 0. The maximum atomic E-state index is 12.2. The summed E-state index contributed by atoms with van der Waals surface area (Å²) in [5, 5.41) is 18.9. The second kappa shape index (κ2) is 4.71. The molecule has 1 fully saturated rings. The smallest absolute Gasteiger partial charge is 0.267 e. The molecule has 1 aromatic carbocycles. The molecule has 6 nitrogen and oxygen atoms in total. The molecule has 1 saturated heterocycles. The number of fused-ring (bicyclic) bond motifs is 1. The van der Waals surface area contributed by atoms with E-state index in [1.54, 1.807) is 18.2 Å². The number of amides is 1. The zero-order valence-electron chi connectivity index (χ0n) is 10.2. The largest absolute Gasteiger partial charge is 0.485 e. The number of hydrogen-bond donors (Lipinski definition) is 2. The summed E-state index contributed by atoms with van der Waals surface area (Å²) in [5.41, 5.74) is 0. The first-order valence-electron chi connectivity index (χ1n) is 6.18. The van der Waals surface area contributed by atoms with Gasteiger partial charge in [-0.05, 0) is 12.1 Å². The quantitative estimate of drug-likeness (QED) is 0.708. The Morgan fingerprint density at radius 3 is 2.47 bits per heavy atom. The number of nitrogens with zero attached hydrogens (tertiary/aromatic N) is 1. The second-order valence-corrected chi connectivity index (χ2v) is 4.74. The minimum Gasteiger partial charge on any atom is -0.485 e. The third kappa shape index (κ3) is 2.24. The number of aliphatic hydroxyl groups is 2. The summed E-state index contributed by atoms with van der Waals surface area (Å²) in [6, 6.07) is 7.15. The Morgan fingerprint density at radius 1 is 1.16 bits per heavy atom. The average Bonchev–Trinajstić information content (AvgIpc) is 2.77. The number of rotatable bonds is 1. The van der Waals surface area contributed by atoms with Gasteiger partial charge in [0, 0.05) is 13.1 Å². The summed E-state index contributed by atoms with van der Waals surface area (Å²) in [6.45, 7) is 0.390. The van der Waals surface area contributed by atoms with E-state index in [2.05, 4.69) is 0 Å². The lowest BCUT2D eigenvalue weighted by atomic mass is 10.2. The Morgan fingerprint density at radius 2 is 1.79 bits per heavy atom. The predicted molar refractivity (Wildman–Crippen MR) is 64.9 cm³/mol. The minimum atomic E-state index is -0.888. The lowest BCUT2D eigenvalue weighted by Gasteiger charge is -2.28. The van der Waals surface area contributed by atoms with Crippen molar-refractivity contribution in [3.63, 3.8) is 0 Å². The van der Waals surface area contributed by atoms with Crippen LogP contribution >= 0.6 is 0 Å². The molecule has 2 aliphatic rings. The summed E-state index contributed by atoms with van der Waals surface area (Å²) in [5.74, 6) is 0.880. The standard InChI is InChI=1S/C13H15NO5/c15-8-5-14(6-9(8)16)13(17)12-7-18-10-3-1-2-4-11(10)19-12/h1-4,8-9,12,15-16H,5-7H2. The van der Waals surface area contributed by atoms with Gasteiger partial charge in [-0.3, -0.25) is 4.79 Å².